The predicted octanol–water partition coefficient (Wildman–Crippen LogP) is 3.88. The summed E-state index contributed by atoms with van der Waals surface area (Å²) in [6.07, 6.45) is -3.30. The third-order valence-electron chi connectivity index (χ3n) is 3.45. The van der Waals surface area contributed by atoms with E-state index in [1.807, 2.05) is 0 Å². The molecule has 0 aliphatic rings. The molecule has 0 unspecified atom stereocenters. The monoisotopic (exact) mass is 467 g/mol. The summed E-state index contributed by atoms with van der Waals surface area (Å²) in [4.78, 5) is 23.0. The number of carbonyl (C=O) groups is 2. The van der Waals surface area contributed by atoms with Gasteiger partial charge in [0.05, 0.1) is 10.0 Å². The van der Waals surface area contributed by atoms with Crippen LogP contribution in [-0.4, -0.2) is 18.4 Å². The van der Waals surface area contributed by atoms with Crippen molar-refractivity contribution in [2.75, 3.05) is 11.9 Å². The van der Waals surface area contributed by atoms with E-state index < -0.39 is 23.6 Å². The van der Waals surface area contributed by atoms with Crippen LogP contribution in [0.15, 0.2) is 52.5 Å². The van der Waals surface area contributed by atoms with Gasteiger partial charge >= 0.3 is 6.18 Å². The maximum Gasteiger partial charge on any atom is 0.416 e. The number of carbonyl (C=O) groups excluding carboxylic acids is 2. The minimum atomic E-state index is -4.56. The third-order valence-corrected chi connectivity index (χ3v) is 4.07. The number of alkyl halides is 3. The van der Waals surface area contributed by atoms with Crippen LogP contribution in [0, 0.1) is 11.3 Å². The molecule has 10 heteroatoms. The Labute approximate surface area is 171 Å². The number of primary amides is 1. The van der Waals surface area contributed by atoms with E-state index in [-0.39, 0.29) is 17.9 Å². The number of hydrogen-bond acceptors (Lipinski definition) is 4. The lowest BCUT2D eigenvalue weighted by Gasteiger charge is -2.10. The summed E-state index contributed by atoms with van der Waals surface area (Å²) < 4.78 is 43.9. The van der Waals surface area contributed by atoms with Crippen LogP contribution < -0.4 is 15.8 Å². The van der Waals surface area contributed by atoms with Crippen molar-refractivity contribution >= 4 is 39.5 Å². The van der Waals surface area contributed by atoms with Crippen LogP contribution in [0.25, 0.3) is 6.08 Å². The summed E-state index contributed by atoms with van der Waals surface area (Å²) in [5.41, 5.74) is 4.11. The number of nitriles is 1. The Kier molecular flexibility index (Phi) is 7.01. The smallest absolute Gasteiger partial charge is 0.416 e. The number of hydrogen-bond donors (Lipinski definition) is 2. The molecule has 0 heterocycles. The molecule has 29 heavy (non-hydrogen) atoms. The summed E-state index contributed by atoms with van der Waals surface area (Å²) >= 11 is 3.23. The number of benzene rings is 2. The van der Waals surface area contributed by atoms with E-state index in [1.54, 1.807) is 6.07 Å². The molecule has 0 radical (unpaired) electrons. The SMILES string of the molecule is N#C/C(=C\c1ccc(OCC(N)=O)c(Br)c1)C(=O)Nc1cccc(C(F)(F)F)c1. The van der Waals surface area contributed by atoms with Gasteiger partial charge in [-0.3, -0.25) is 9.59 Å². The van der Waals surface area contributed by atoms with Crippen molar-refractivity contribution < 1.29 is 27.5 Å². The number of rotatable bonds is 6. The fraction of sp³-hybridized carbons (Fsp3) is 0.105. The molecule has 0 fully saturated rings. The van der Waals surface area contributed by atoms with Crippen molar-refractivity contribution in [2.24, 2.45) is 5.73 Å². The molecular weight excluding hydrogens is 455 g/mol. The van der Waals surface area contributed by atoms with Crippen LogP contribution in [-0.2, 0) is 15.8 Å². The Morgan fingerprint density at radius 3 is 2.55 bits per heavy atom. The molecule has 2 aromatic carbocycles. The molecular formula is C19H13BrF3N3O3. The fourth-order valence-electron chi connectivity index (χ4n) is 2.16. The highest BCUT2D eigenvalue weighted by Crippen LogP contribution is 2.31. The molecule has 2 rings (SSSR count). The Bertz CT molecular complexity index is 1010. The van der Waals surface area contributed by atoms with Gasteiger partial charge in [0.15, 0.2) is 6.61 Å². The first kappa shape index (κ1) is 22.0. The number of amides is 2. The quantitative estimate of drug-likeness (QED) is 0.496. The summed E-state index contributed by atoms with van der Waals surface area (Å²) in [6.45, 7) is -0.323. The van der Waals surface area contributed by atoms with Gasteiger partial charge in [0.2, 0.25) is 0 Å². The number of nitrogens with two attached hydrogens (primary N) is 1. The second-order valence-electron chi connectivity index (χ2n) is 5.65. The molecule has 0 bridgehead atoms. The predicted molar refractivity (Wildman–Crippen MR) is 102 cm³/mol. The molecule has 3 N–H and O–H groups in total. The largest absolute Gasteiger partial charge is 0.483 e. The minimum absolute atomic E-state index is 0.0950. The normalized spacial score (nSPS) is 11.5. The maximum atomic E-state index is 12.8. The van der Waals surface area contributed by atoms with E-state index >= 15 is 0 Å². The van der Waals surface area contributed by atoms with Crippen LogP contribution in [0.1, 0.15) is 11.1 Å². The van der Waals surface area contributed by atoms with Gasteiger partial charge in [0.1, 0.15) is 17.4 Å². The van der Waals surface area contributed by atoms with Gasteiger partial charge in [-0.15, -0.1) is 0 Å². The standard InChI is InChI=1S/C19H13BrF3N3O3/c20-15-7-11(4-5-16(15)29-10-17(25)27)6-12(9-24)18(28)26-14-3-1-2-13(8-14)19(21,22)23/h1-8H,10H2,(H2,25,27)(H,26,28)/b12-6+. The lowest BCUT2D eigenvalue weighted by Crippen LogP contribution is -2.20. The minimum Gasteiger partial charge on any atom is -0.483 e. The molecule has 0 spiro atoms. The second-order valence-corrected chi connectivity index (χ2v) is 6.50. The van der Waals surface area contributed by atoms with Crippen molar-refractivity contribution in [3.63, 3.8) is 0 Å². The maximum absolute atomic E-state index is 12.8. The van der Waals surface area contributed by atoms with E-state index in [0.717, 1.165) is 18.2 Å². The molecule has 2 amide bonds. The number of halogens is 4. The number of ether oxygens (including phenoxy) is 1. The van der Waals surface area contributed by atoms with E-state index in [9.17, 15) is 28.0 Å². The molecule has 0 aliphatic heterocycles. The first-order valence-corrected chi connectivity index (χ1v) is 8.70. The van der Waals surface area contributed by atoms with Gasteiger partial charge in [0, 0.05) is 5.69 Å². The Balaban J connectivity index is 2.19. The van der Waals surface area contributed by atoms with Crippen LogP contribution >= 0.6 is 15.9 Å². The van der Waals surface area contributed by atoms with Gasteiger partial charge < -0.3 is 15.8 Å². The van der Waals surface area contributed by atoms with Crippen LogP contribution in [0.3, 0.4) is 0 Å². The lowest BCUT2D eigenvalue weighted by atomic mass is 10.1. The molecule has 0 aliphatic carbocycles. The molecule has 0 atom stereocenters. The molecule has 2 aromatic rings. The fourth-order valence-corrected chi connectivity index (χ4v) is 2.67. The number of anilines is 1. The summed E-state index contributed by atoms with van der Waals surface area (Å²) in [6, 6.07) is 10.3. The van der Waals surface area contributed by atoms with Gasteiger partial charge in [-0.25, -0.2) is 0 Å². The summed E-state index contributed by atoms with van der Waals surface area (Å²) in [5, 5.41) is 11.5. The Hall–Kier alpha value is -3.32. The zero-order chi connectivity index (χ0) is 21.6. The molecule has 150 valence electrons. The topological polar surface area (TPSA) is 105 Å². The van der Waals surface area contributed by atoms with Crippen molar-refractivity contribution in [3.8, 4) is 11.8 Å². The van der Waals surface area contributed by atoms with Gasteiger partial charge in [0.25, 0.3) is 11.8 Å². The third kappa shape index (κ3) is 6.36. The average molecular weight is 468 g/mol. The van der Waals surface area contributed by atoms with Gasteiger partial charge in [-0.1, -0.05) is 12.1 Å². The molecule has 0 saturated carbocycles. The average Bonchev–Trinajstić information content (AvgIpc) is 2.64. The highest BCUT2D eigenvalue weighted by Gasteiger charge is 2.30. The highest BCUT2D eigenvalue weighted by atomic mass is 79.9. The molecule has 6 nitrogen and oxygen atoms in total. The van der Waals surface area contributed by atoms with E-state index in [1.165, 1.54) is 30.3 Å². The zero-order valence-electron chi connectivity index (χ0n) is 14.6. The Morgan fingerprint density at radius 2 is 1.97 bits per heavy atom. The highest BCUT2D eigenvalue weighted by molar-refractivity contribution is 9.10. The van der Waals surface area contributed by atoms with Gasteiger partial charge in [-0.2, -0.15) is 18.4 Å². The first-order chi connectivity index (χ1) is 13.6. The van der Waals surface area contributed by atoms with Crippen molar-refractivity contribution in [3.05, 3.63) is 63.6 Å². The first-order valence-electron chi connectivity index (χ1n) is 7.91. The zero-order valence-corrected chi connectivity index (χ0v) is 16.2. The van der Waals surface area contributed by atoms with Crippen LogP contribution in [0.4, 0.5) is 18.9 Å². The van der Waals surface area contributed by atoms with E-state index in [0.29, 0.717) is 15.8 Å². The van der Waals surface area contributed by atoms with Crippen molar-refractivity contribution in [2.45, 2.75) is 6.18 Å². The van der Waals surface area contributed by atoms with Crippen molar-refractivity contribution in [1.82, 2.24) is 0 Å². The summed E-state index contributed by atoms with van der Waals surface area (Å²) in [5.74, 6) is -1.19. The van der Waals surface area contributed by atoms with Crippen LogP contribution in [0.2, 0.25) is 0 Å². The number of nitrogens with zero attached hydrogens (tertiary/aromatic N) is 1. The summed E-state index contributed by atoms with van der Waals surface area (Å²) in [7, 11) is 0. The second kappa shape index (κ2) is 9.25. The Morgan fingerprint density at radius 1 is 1.24 bits per heavy atom. The number of nitrogens with one attached hydrogen (secondary N) is 1. The molecule has 0 aromatic heterocycles. The van der Waals surface area contributed by atoms with E-state index in [4.69, 9.17) is 10.5 Å². The van der Waals surface area contributed by atoms with E-state index in [2.05, 4.69) is 21.2 Å². The van der Waals surface area contributed by atoms with Gasteiger partial charge in [-0.05, 0) is 57.9 Å². The molecule has 0 saturated heterocycles. The lowest BCUT2D eigenvalue weighted by molar-refractivity contribution is -0.137. The van der Waals surface area contributed by atoms with Crippen molar-refractivity contribution in [1.29, 1.82) is 5.26 Å². The van der Waals surface area contributed by atoms with Crippen LogP contribution in [0.5, 0.6) is 5.75 Å².